The van der Waals surface area contributed by atoms with Gasteiger partial charge in [-0.15, -0.1) is 0 Å². The second kappa shape index (κ2) is 4.43. The predicted octanol–water partition coefficient (Wildman–Crippen LogP) is 1.11. The SMILES string of the molecule is O=[N+]([O-])c1ccc2nc(N3CC[C@H](O)C3)cnc2c1. The Morgan fingerprint density at radius 3 is 2.95 bits per heavy atom. The number of nitrogens with zero attached hydrogens (tertiary/aromatic N) is 4. The molecule has 1 aromatic carbocycles. The molecule has 0 saturated carbocycles. The summed E-state index contributed by atoms with van der Waals surface area (Å²) in [4.78, 5) is 20.8. The average Bonchev–Trinajstić information content (AvgIpc) is 2.84. The van der Waals surface area contributed by atoms with E-state index in [4.69, 9.17) is 0 Å². The van der Waals surface area contributed by atoms with Crippen LogP contribution in [0.5, 0.6) is 0 Å². The summed E-state index contributed by atoms with van der Waals surface area (Å²) >= 11 is 0. The van der Waals surface area contributed by atoms with E-state index in [1.165, 1.54) is 12.1 Å². The Labute approximate surface area is 108 Å². The van der Waals surface area contributed by atoms with Gasteiger partial charge in [0.05, 0.1) is 28.3 Å². The van der Waals surface area contributed by atoms with Crippen LogP contribution in [-0.4, -0.2) is 39.2 Å². The minimum Gasteiger partial charge on any atom is -0.391 e. The summed E-state index contributed by atoms with van der Waals surface area (Å²) in [7, 11) is 0. The highest BCUT2D eigenvalue weighted by atomic mass is 16.6. The van der Waals surface area contributed by atoms with E-state index in [0.717, 1.165) is 13.0 Å². The maximum Gasteiger partial charge on any atom is 0.271 e. The first-order valence-corrected chi connectivity index (χ1v) is 5.98. The van der Waals surface area contributed by atoms with Crippen molar-refractivity contribution in [1.29, 1.82) is 0 Å². The highest BCUT2D eigenvalue weighted by Gasteiger charge is 2.21. The number of aliphatic hydroxyl groups is 1. The van der Waals surface area contributed by atoms with Crippen molar-refractivity contribution in [3.05, 3.63) is 34.5 Å². The van der Waals surface area contributed by atoms with E-state index in [1.807, 2.05) is 4.90 Å². The number of hydrogen-bond acceptors (Lipinski definition) is 6. The Morgan fingerprint density at radius 1 is 1.42 bits per heavy atom. The molecule has 1 saturated heterocycles. The number of hydrogen-bond donors (Lipinski definition) is 1. The van der Waals surface area contributed by atoms with Gasteiger partial charge in [0, 0.05) is 25.2 Å². The van der Waals surface area contributed by atoms with Crippen LogP contribution in [0.4, 0.5) is 11.5 Å². The molecule has 1 aliphatic rings. The maximum atomic E-state index is 10.7. The second-order valence-electron chi connectivity index (χ2n) is 4.55. The molecule has 0 aliphatic carbocycles. The van der Waals surface area contributed by atoms with Crippen molar-refractivity contribution in [2.24, 2.45) is 0 Å². The van der Waals surface area contributed by atoms with Gasteiger partial charge in [0.15, 0.2) is 0 Å². The number of non-ortho nitro benzene ring substituents is 1. The Bertz CT molecular complexity index is 646. The van der Waals surface area contributed by atoms with Crippen LogP contribution in [0.1, 0.15) is 6.42 Å². The van der Waals surface area contributed by atoms with E-state index in [9.17, 15) is 15.2 Å². The van der Waals surface area contributed by atoms with Gasteiger partial charge in [-0.25, -0.2) is 4.98 Å². The van der Waals surface area contributed by atoms with Crippen molar-refractivity contribution in [3.63, 3.8) is 0 Å². The predicted molar refractivity (Wildman–Crippen MR) is 69.0 cm³/mol. The molecule has 7 nitrogen and oxygen atoms in total. The minimum absolute atomic E-state index is 0.00569. The lowest BCUT2D eigenvalue weighted by molar-refractivity contribution is -0.384. The van der Waals surface area contributed by atoms with Crippen molar-refractivity contribution in [3.8, 4) is 0 Å². The molecule has 1 atom stereocenters. The lowest BCUT2D eigenvalue weighted by atomic mass is 10.2. The van der Waals surface area contributed by atoms with Gasteiger partial charge in [-0.05, 0) is 12.5 Å². The number of β-amino-alcohol motifs (C(OH)–C–C–N with tert-alkyl or cyclic N) is 1. The molecular weight excluding hydrogens is 248 g/mol. The molecule has 1 aromatic heterocycles. The molecule has 0 bridgehead atoms. The molecule has 2 heterocycles. The van der Waals surface area contributed by atoms with Crippen LogP contribution >= 0.6 is 0 Å². The van der Waals surface area contributed by atoms with Gasteiger partial charge in [-0.1, -0.05) is 0 Å². The van der Waals surface area contributed by atoms with Crippen LogP contribution in [-0.2, 0) is 0 Å². The number of aliphatic hydroxyl groups excluding tert-OH is 1. The minimum atomic E-state index is -0.453. The molecule has 0 unspecified atom stereocenters. The first-order valence-electron chi connectivity index (χ1n) is 5.98. The fraction of sp³-hybridized carbons (Fsp3) is 0.333. The summed E-state index contributed by atoms with van der Waals surface area (Å²) < 4.78 is 0. The molecule has 0 radical (unpaired) electrons. The number of rotatable bonds is 2. The van der Waals surface area contributed by atoms with E-state index in [-0.39, 0.29) is 11.8 Å². The van der Waals surface area contributed by atoms with Crippen LogP contribution in [0.15, 0.2) is 24.4 Å². The highest BCUT2D eigenvalue weighted by Crippen LogP contribution is 2.22. The van der Waals surface area contributed by atoms with Crippen molar-refractivity contribution in [2.75, 3.05) is 18.0 Å². The third-order valence-electron chi connectivity index (χ3n) is 3.21. The largest absolute Gasteiger partial charge is 0.391 e. The molecule has 1 fully saturated rings. The molecule has 1 aliphatic heterocycles. The summed E-state index contributed by atoms with van der Waals surface area (Å²) in [5, 5.41) is 20.2. The molecule has 98 valence electrons. The molecular formula is C12H12N4O3. The summed E-state index contributed by atoms with van der Waals surface area (Å²) in [6, 6.07) is 4.42. The first-order chi connectivity index (χ1) is 9.13. The molecule has 3 rings (SSSR count). The molecule has 19 heavy (non-hydrogen) atoms. The Hall–Kier alpha value is -2.28. The highest BCUT2D eigenvalue weighted by molar-refractivity contribution is 5.78. The van der Waals surface area contributed by atoms with Gasteiger partial charge in [0.1, 0.15) is 5.82 Å². The van der Waals surface area contributed by atoms with E-state index in [1.54, 1.807) is 12.3 Å². The number of fused-ring (bicyclic) bond motifs is 1. The van der Waals surface area contributed by atoms with Crippen LogP contribution < -0.4 is 4.90 Å². The van der Waals surface area contributed by atoms with Gasteiger partial charge in [-0.3, -0.25) is 15.1 Å². The molecule has 2 aromatic rings. The van der Waals surface area contributed by atoms with E-state index < -0.39 is 4.92 Å². The van der Waals surface area contributed by atoms with Crippen LogP contribution in [0, 0.1) is 10.1 Å². The topological polar surface area (TPSA) is 92.4 Å². The number of aromatic nitrogens is 2. The fourth-order valence-corrected chi connectivity index (χ4v) is 2.21. The van der Waals surface area contributed by atoms with Crippen LogP contribution in [0.3, 0.4) is 0 Å². The maximum absolute atomic E-state index is 10.7. The number of anilines is 1. The number of nitro groups is 1. The molecule has 1 N–H and O–H groups in total. The third kappa shape index (κ3) is 2.19. The van der Waals surface area contributed by atoms with Crippen LogP contribution in [0.2, 0.25) is 0 Å². The van der Waals surface area contributed by atoms with Crippen molar-refractivity contribution in [1.82, 2.24) is 9.97 Å². The Morgan fingerprint density at radius 2 is 2.26 bits per heavy atom. The van der Waals surface area contributed by atoms with Crippen LogP contribution in [0.25, 0.3) is 11.0 Å². The molecule has 0 spiro atoms. The zero-order chi connectivity index (χ0) is 13.4. The summed E-state index contributed by atoms with van der Waals surface area (Å²) in [6.07, 6.45) is 1.98. The van der Waals surface area contributed by atoms with Crippen molar-refractivity contribution < 1.29 is 10.0 Å². The fourth-order valence-electron chi connectivity index (χ4n) is 2.21. The summed E-state index contributed by atoms with van der Waals surface area (Å²) in [5.74, 6) is 0.693. The molecule has 7 heteroatoms. The standard InChI is InChI=1S/C12H12N4O3/c17-9-3-4-15(7-9)12-6-13-11-5-8(16(18)19)1-2-10(11)14-12/h1-2,5-6,9,17H,3-4,7H2/t9-/m0/s1. The van der Waals surface area contributed by atoms with Gasteiger partial charge in [-0.2, -0.15) is 0 Å². The van der Waals surface area contributed by atoms with E-state index in [2.05, 4.69) is 9.97 Å². The van der Waals surface area contributed by atoms with Gasteiger partial charge in [0.25, 0.3) is 5.69 Å². The van der Waals surface area contributed by atoms with Crippen molar-refractivity contribution in [2.45, 2.75) is 12.5 Å². The Kier molecular flexibility index (Phi) is 2.75. The monoisotopic (exact) mass is 260 g/mol. The second-order valence-corrected chi connectivity index (χ2v) is 4.55. The zero-order valence-electron chi connectivity index (χ0n) is 10.1. The lowest BCUT2D eigenvalue weighted by Crippen LogP contribution is -2.22. The lowest BCUT2D eigenvalue weighted by Gasteiger charge is -2.16. The van der Waals surface area contributed by atoms with Crippen molar-refractivity contribution >= 4 is 22.5 Å². The van der Waals surface area contributed by atoms with Gasteiger partial charge < -0.3 is 10.0 Å². The summed E-state index contributed by atoms with van der Waals surface area (Å²) in [5.41, 5.74) is 1.12. The Balaban J connectivity index is 1.97. The normalized spacial score (nSPS) is 19.0. The smallest absolute Gasteiger partial charge is 0.271 e. The zero-order valence-corrected chi connectivity index (χ0v) is 10.1. The van der Waals surface area contributed by atoms with Gasteiger partial charge in [0.2, 0.25) is 0 Å². The number of benzene rings is 1. The average molecular weight is 260 g/mol. The molecule has 0 amide bonds. The third-order valence-corrected chi connectivity index (χ3v) is 3.21. The van der Waals surface area contributed by atoms with Gasteiger partial charge >= 0.3 is 0 Å². The number of nitro benzene ring substituents is 1. The quantitative estimate of drug-likeness (QED) is 0.642. The summed E-state index contributed by atoms with van der Waals surface area (Å²) in [6.45, 7) is 1.29. The van der Waals surface area contributed by atoms with E-state index >= 15 is 0 Å². The van der Waals surface area contributed by atoms with E-state index in [0.29, 0.717) is 23.4 Å². The first kappa shape index (κ1) is 11.8.